The van der Waals surface area contributed by atoms with Crippen molar-refractivity contribution in [3.63, 3.8) is 0 Å². The number of rotatable bonds is 7. The molecule has 2 aromatic rings. The smallest absolute Gasteiger partial charge is 0.147 e. The standard InChI is InChI=1S/C26H37N5O2/c1-22-4-2-13-29(22)14-3-18-32-24-7-5-23(6-8-24)30-15-9-26(10-16-30)21-31(17-19-33-26)25-20-27-11-12-28-25/h5-8,11-12,20,22H,2-4,9-10,13-19,21H2,1H3/t22-/m1/s1. The van der Waals surface area contributed by atoms with Crippen LogP contribution in [0.15, 0.2) is 42.9 Å². The molecule has 7 nitrogen and oxygen atoms in total. The van der Waals surface area contributed by atoms with E-state index in [9.17, 15) is 0 Å². The number of morpholine rings is 1. The van der Waals surface area contributed by atoms with Crippen LogP contribution in [-0.4, -0.2) is 79.0 Å². The van der Waals surface area contributed by atoms with Gasteiger partial charge in [0, 0.05) is 56.8 Å². The van der Waals surface area contributed by atoms with E-state index in [1.165, 1.54) is 25.1 Å². The van der Waals surface area contributed by atoms with E-state index in [-0.39, 0.29) is 5.60 Å². The van der Waals surface area contributed by atoms with Crippen LogP contribution >= 0.6 is 0 Å². The molecule has 3 fully saturated rings. The van der Waals surface area contributed by atoms with Gasteiger partial charge in [0.05, 0.1) is 25.0 Å². The fourth-order valence-corrected chi connectivity index (χ4v) is 5.51. The van der Waals surface area contributed by atoms with Gasteiger partial charge in [-0.1, -0.05) is 0 Å². The third-order valence-corrected chi connectivity index (χ3v) is 7.55. The molecule has 1 aromatic carbocycles. The molecule has 0 aliphatic carbocycles. The van der Waals surface area contributed by atoms with Crippen LogP contribution in [0.25, 0.3) is 0 Å². The van der Waals surface area contributed by atoms with Crippen molar-refractivity contribution in [2.45, 2.75) is 50.7 Å². The van der Waals surface area contributed by atoms with Crippen molar-refractivity contribution < 1.29 is 9.47 Å². The van der Waals surface area contributed by atoms with Crippen LogP contribution in [0.3, 0.4) is 0 Å². The first-order chi connectivity index (χ1) is 16.2. The van der Waals surface area contributed by atoms with Crippen LogP contribution in [0.5, 0.6) is 5.75 Å². The number of hydrogen-bond acceptors (Lipinski definition) is 7. The zero-order chi connectivity index (χ0) is 22.5. The lowest BCUT2D eigenvalue weighted by Crippen LogP contribution is -2.57. The van der Waals surface area contributed by atoms with Crippen molar-refractivity contribution in [1.82, 2.24) is 14.9 Å². The van der Waals surface area contributed by atoms with Gasteiger partial charge in [-0.3, -0.25) is 4.98 Å². The first kappa shape index (κ1) is 22.4. The molecule has 1 spiro atoms. The number of likely N-dealkylation sites (tertiary alicyclic amines) is 1. The first-order valence-corrected chi connectivity index (χ1v) is 12.6. The second-order valence-electron chi connectivity index (χ2n) is 9.73. The van der Waals surface area contributed by atoms with Crippen molar-refractivity contribution >= 4 is 11.5 Å². The van der Waals surface area contributed by atoms with Crippen LogP contribution in [0, 0.1) is 0 Å². The van der Waals surface area contributed by atoms with Gasteiger partial charge in [0.1, 0.15) is 11.6 Å². The average Bonchev–Trinajstić information content (AvgIpc) is 3.28. The maximum Gasteiger partial charge on any atom is 0.147 e. The molecule has 33 heavy (non-hydrogen) atoms. The number of piperidine rings is 1. The van der Waals surface area contributed by atoms with E-state index in [1.54, 1.807) is 12.4 Å². The molecule has 178 valence electrons. The van der Waals surface area contributed by atoms with Gasteiger partial charge in [-0.25, -0.2) is 4.98 Å². The summed E-state index contributed by atoms with van der Waals surface area (Å²) in [7, 11) is 0. The summed E-state index contributed by atoms with van der Waals surface area (Å²) in [6.45, 7) is 10.0. The topological polar surface area (TPSA) is 54.0 Å². The van der Waals surface area contributed by atoms with E-state index in [0.29, 0.717) is 0 Å². The molecule has 5 rings (SSSR count). The van der Waals surface area contributed by atoms with E-state index >= 15 is 0 Å². The van der Waals surface area contributed by atoms with Crippen LogP contribution in [0.2, 0.25) is 0 Å². The molecular formula is C26H37N5O2. The minimum Gasteiger partial charge on any atom is -0.494 e. The normalized spacial score (nSPS) is 23.2. The van der Waals surface area contributed by atoms with Crippen molar-refractivity contribution in [1.29, 1.82) is 0 Å². The maximum absolute atomic E-state index is 6.32. The van der Waals surface area contributed by atoms with Gasteiger partial charge < -0.3 is 24.2 Å². The van der Waals surface area contributed by atoms with Gasteiger partial charge in [-0.15, -0.1) is 0 Å². The highest BCUT2D eigenvalue weighted by molar-refractivity contribution is 5.49. The molecule has 0 radical (unpaired) electrons. The van der Waals surface area contributed by atoms with Gasteiger partial charge in [0.25, 0.3) is 0 Å². The Morgan fingerprint density at radius 2 is 1.91 bits per heavy atom. The Hall–Kier alpha value is -2.38. The largest absolute Gasteiger partial charge is 0.494 e. The van der Waals surface area contributed by atoms with Crippen molar-refractivity contribution in [3.8, 4) is 5.75 Å². The molecule has 1 atom stereocenters. The van der Waals surface area contributed by atoms with Crippen LogP contribution in [-0.2, 0) is 4.74 Å². The van der Waals surface area contributed by atoms with Gasteiger partial charge in [-0.2, -0.15) is 0 Å². The molecule has 3 aliphatic heterocycles. The Bertz CT molecular complexity index is 870. The van der Waals surface area contributed by atoms with Crippen molar-refractivity contribution in [2.24, 2.45) is 0 Å². The number of ether oxygens (including phenoxy) is 2. The van der Waals surface area contributed by atoms with E-state index in [4.69, 9.17) is 9.47 Å². The second-order valence-corrected chi connectivity index (χ2v) is 9.73. The SMILES string of the molecule is C[C@@H]1CCCN1CCCOc1ccc(N2CCC3(CC2)CN(c2cnccn2)CCO3)cc1. The predicted molar refractivity (Wildman–Crippen MR) is 131 cm³/mol. The first-order valence-electron chi connectivity index (χ1n) is 12.6. The predicted octanol–water partition coefficient (Wildman–Crippen LogP) is 3.61. The highest BCUT2D eigenvalue weighted by Gasteiger charge is 2.40. The lowest BCUT2D eigenvalue weighted by Gasteiger charge is -2.48. The molecule has 3 aliphatic rings. The van der Waals surface area contributed by atoms with E-state index in [2.05, 4.69) is 55.9 Å². The number of anilines is 2. The highest BCUT2D eigenvalue weighted by Crippen LogP contribution is 2.33. The fourth-order valence-electron chi connectivity index (χ4n) is 5.51. The third-order valence-electron chi connectivity index (χ3n) is 7.55. The number of nitrogens with zero attached hydrogens (tertiary/aromatic N) is 5. The van der Waals surface area contributed by atoms with Crippen molar-refractivity contribution in [2.75, 3.05) is 62.3 Å². The van der Waals surface area contributed by atoms with E-state index < -0.39 is 0 Å². The van der Waals surface area contributed by atoms with Crippen LogP contribution < -0.4 is 14.5 Å². The maximum atomic E-state index is 6.32. The molecule has 0 unspecified atom stereocenters. The lowest BCUT2D eigenvalue weighted by molar-refractivity contribution is -0.0706. The minimum atomic E-state index is -0.0812. The molecule has 1 aromatic heterocycles. The number of benzene rings is 1. The quantitative estimate of drug-likeness (QED) is 0.596. The van der Waals surface area contributed by atoms with Gasteiger partial charge in [0.15, 0.2) is 0 Å². The molecular weight excluding hydrogens is 414 g/mol. The zero-order valence-corrected chi connectivity index (χ0v) is 19.9. The zero-order valence-electron chi connectivity index (χ0n) is 19.9. The summed E-state index contributed by atoms with van der Waals surface area (Å²) < 4.78 is 12.3. The summed E-state index contributed by atoms with van der Waals surface area (Å²) in [6, 6.07) is 9.37. The van der Waals surface area contributed by atoms with E-state index in [1.807, 2.05) is 6.20 Å². The average molecular weight is 452 g/mol. The molecule has 3 saturated heterocycles. The number of aromatic nitrogens is 2. The summed E-state index contributed by atoms with van der Waals surface area (Å²) in [6.07, 6.45) is 11.2. The van der Waals surface area contributed by atoms with Gasteiger partial charge in [0.2, 0.25) is 0 Å². The van der Waals surface area contributed by atoms with Crippen LogP contribution in [0.4, 0.5) is 11.5 Å². The number of hydrogen-bond donors (Lipinski definition) is 0. The minimum absolute atomic E-state index is 0.0812. The lowest BCUT2D eigenvalue weighted by atomic mass is 9.89. The van der Waals surface area contributed by atoms with Gasteiger partial charge >= 0.3 is 0 Å². The molecule has 0 N–H and O–H groups in total. The van der Waals surface area contributed by atoms with Crippen LogP contribution in [0.1, 0.15) is 39.0 Å². The fraction of sp³-hybridized carbons (Fsp3) is 0.615. The highest BCUT2D eigenvalue weighted by atomic mass is 16.5. The van der Waals surface area contributed by atoms with Crippen molar-refractivity contribution in [3.05, 3.63) is 42.9 Å². The van der Waals surface area contributed by atoms with Gasteiger partial charge in [-0.05, 0) is 69.8 Å². The third kappa shape index (κ3) is 5.41. The molecule has 0 amide bonds. The Morgan fingerprint density at radius 1 is 1.06 bits per heavy atom. The Labute approximate surface area is 197 Å². The monoisotopic (exact) mass is 451 g/mol. The Morgan fingerprint density at radius 3 is 2.64 bits per heavy atom. The molecule has 7 heteroatoms. The van der Waals surface area contributed by atoms with E-state index in [0.717, 1.165) is 82.8 Å². The Kier molecular flexibility index (Phi) is 6.97. The Balaban J connectivity index is 1.08. The summed E-state index contributed by atoms with van der Waals surface area (Å²) in [5, 5.41) is 0. The molecule has 0 saturated carbocycles. The second kappa shape index (κ2) is 10.3. The summed E-state index contributed by atoms with van der Waals surface area (Å²) >= 11 is 0. The molecule has 0 bridgehead atoms. The summed E-state index contributed by atoms with van der Waals surface area (Å²) in [5.41, 5.74) is 1.19. The molecule has 4 heterocycles. The summed E-state index contributed by atoms with van der Waals surface area (Å²) in [5.74, 6) is 1.92. The summed E-state index contributed by atoms with van der Waals surface area (Å²) in [4.78, 5) is 16.1.